The van der Waals surface area contributed by atoms with E-state index in [0.717, 1.165) is 24.8 Å². The van der Waals surface area contributed by atoms with Crippen LogP contribution in [-0.2, 0) is 0 Å². The van der Waals surface area contributed by atoms with E-state index >= 15 is 0 Å². The molecule has 0 bridgehead atoms. The zero-order valence-corrected chi connectivity index (χ0v) is 12.1. The Labute approximate surface area is 112 Å². The van der Waals surface area contributed by atoms with Crippen molar-refractivity contribution in [1.82, 2.24) is 10.2 Å². The zero-order chi connectivity index (χ0) is 13.2. The number of likely N-dealkylation sites (tertiary alicyclic amines) is 1. The van der Waals surface area contributed by atoms with Crippen molar-refractivity contribution in [3.05, 3.63) is 0 Å². The van der Waals surface area contributed by atoms with Gasteiger partial charge in [0.25, 0.3) is 0 Å². The second-order valence-electron chi connectivity index (χ2n) is 6.71. The molecule has 2 atom stereocenters. The van der Waals surface area contributed by atoms with Crippen LogP contribution in [-0.4, -0.2) is 36.1 Å². The smallest absolute Gasteiger partial charge is 0.105 e. The Balaban J connectivity index is 1.75. The van der Waals surface area contributed by atoms with Gasteiger partial charge in [0.1, 0.15) is 5.54 Å². The molecule has 1 N–H and O–H groups in total. The van der Waals surface area contributed by atoms with E-state index in [-0.39, 0.29) is 5.54 Å². The maximum absolute atomic E-state index is 9.35. The Kier molecular flexibility index (Phi) is 4.29. The fourth-order valence-electron chi connectivity index (χ4n) is 2.83. The van der Waals surface area contributed by atoms with Crippen LogP contribution in [0.15, 0.2) is 0 Å². The number of hydrogen-bond acceptors (Lipinski definition) is 3. The molecule has 0 aromatic carbocycles. The number of rotatable bonds is 6. The van der Waals surface area contributed by atoms with E-state index in [9.17, 15) is 5.26 Å². The lowest BCUT2D eigenvalue weighted by Crippen LogP contribution is -2.44. The van der Waals surface area contributed by atoms with Crippen molar-refractivity contribution in [2.75, 3.05) is 19.6 Å². The first-order valence-corrected chi connectivity index (χ1v) is 7.44. The van der Waals surface area contributed by atoms with E-state index in [1.165, 1.54) is 32.4 Å². The number of nitrogens with zero attached hydrogens (tertiary/aromatic N) is 2. The Morgan fingerprint density at radius 2 is 2.11 bits per heavy atom. The van der Waals surface area contributed by atoms with Gasteiger partial charge >= 0.3 is 0 Å². The van der Waals surface area contributed by atoms with Gasteiger partial charge in [-0.15, -0.1) is 0 Å². The molecule has 0 radical (unpaired) electrons. The van der Waals surface area contributed by atoms with Gasteiger partial charge in [-0.05, 0) is 51.0 Å². The third-order valence-corrected chi connectivity index (χ3v) is 4.53. The predicted molar refractivity (Wildman–Crippen MR) is 74.2 cm³/mol. The fraction of sp³-hybridized carbons (Fsp3) is 0.933. The third-order valence-electron chi connectivity index (χ3n) is 4.53. The number of hydrogen-bond donors (Lipinski definition) is 1. The summed E-state index contributed by atoms with van der Waals surface area (Å²) >= 11 is 0. The molecule has 1 heterocycles. The zero-order valence-electron chi connectivity index (χ0n) is 12.1. The first kappa shape index (κ1) is 13.8. The maximum atomic E-state index is 9.35. The van der Waals surface area contributed by atoms with E-state index in [1.807, 2.05) is 0 Å². The highest BCUT2D eigenvalue weighted by molar-refractivity contribution is 5.07. The van der Waals surface area contributed by atoms with Gasteiger partial charge in [0.2, 0.25) is 0 Å². The highest BCUT2D eigenvalue weighted by Gasteiger charge is 2.33. The number of nitriles is 1. The average Bonchev–Trinajstić information content (AvgIpc) is 3.00. The van der Waals surface area contributed by atoms with Crippen LogP contribution in [0, 0.1) is 23.2 Å². The van der Waals surface area contributed by atoms with Crippen molar-refractivity contribution in [3.63, 3.8) is 0 Å². The summed E-state index contributed by atoms with van der Waals surface area (Å²) in [5.41, 5.74) is -0.322. The van der Waals surface area contributed by atoms with Crippen molar-refractivity contribution in [1.29, 1.82) is 5.26 Å². The first-order chi connectivity index (χ1) is 8.52. The Morgan fingerprint density at radius 3 is 2.61 bits per heavy atom. The summed E-state index contributed by atoms with van der Waals surface area (Å²) in [6.07, 6.45) is 4.77. The van der Waals surface area contributed by atoms with E-state index in [1.54, 1.807) is 0 Å². The van der Waals surface area contributed by atoms with E-state index < -0.39 is 0 Å². The molecule has 102 valence electrons. The molecule has 0 spiro atoms. The normalized spacial score (nSPS) is 28.3. The first-order valence-electron chi connectivity index (χ1n) is 7.44. The van der Waals surface area contributed by atoms with Gasteiger partial charge in [0, 0.05) is 19.1 Å². The highest BCUT2D eigenvalue weighted by Crippen LogP contribution is 2.26. The van der Waals surface area contributed by atoms with Crippen LogP contribution < -0.4 is 5.32 Å². The molecule has 1 saturated carbocycles. The molecule has 1 aliphatic heterocycles. The van der Waals surface area contributed by atoms with E-state index in [2.05, 4.69) is 37.1 Å². The molecule has 2 rings (SSSR count). The molecule has 1 aliphatic carbocycles. The molecule has 0 amide bonds. The summed E-state index contributed by atoms with van der Waals surface area (Å²) in [6, 6.07) is 3.08. The quantitative estimate of drug-likeness (QED) is 0.785. The van der Waals surface area contributed by atoms with Gasteiger partial charge in [-0.3, -0.25) is 5.32 Å². The molecule has 0 aromatic heterocycles. The molecule has 2 aliphatic rings. The summed E-state index contributed by atoms with van der Waals surface area (Å²) in [5.74, 6) is 1.65. The van der Waals surface area contributed by atoms with Crippen LogP contribution in [0.3, 0.4) is 0 Å². The molecule has 18 heavy (non-hydrogen) atoms. The SMILES string of the molecule is CC(C)C1CCN(CCC(C)(C#N)NC2CC2)C1. The molecule has 3 nitrogen and oxygen atoms in total. The van der Waals surface area contributed by atoms with Gasteiger partial charge in [0.05, 0.1) is 6.07 Å². The number of nitrogens with one attached hydrogen (secondary N) is 1. The van der Waals surface area contributed by atoms with Crippen LogP contribution in [0.25, 0.3) is 0 Å². The standard InChI is InChI=1S/C15H27N3/c1-12(2)13-6-8-18(10-13)9-7-15(3,11-16)17-14-4-5-14/h12-14,17H,4-10H2,1-3H3. The highest BCUT2D eigenvalue weighted by atomic mass is 15.2. The van der Waals surface area contributed by atoms with Gasteiger partial charge < -0.3 is 4.90 Å². The van der Waals surface area contributed by atoms with Crippen LogP contribution in [0.1, 0.15) is 46.5 Å². The van der Waals surface area contributed by atoms with Crippen molar-refractivity contribution in [2.45, 2.75) is 58.0 Å². The second kappa shape index (κ2) is 5.59. The largest absolute Gasteiger partial charge is 0.303 e. The monoisotopic (exact) mass is 249 g/mol. The second-order valence-corrected chi connectivity index (χ2v) is 6.71. The molecule has 1 saturated heterocycles. The Hall–Kier alpha value is -0.590. The van der Waals surface area contributed by atoms with Crippen LogP contribution in [0.2, 0.25) is 0 Å². The minimum absolute atomic E-state index is 0.322. The topological polar surface area (TPSA) is 39.1 Å². The molecular formula is C15H27N3. The van der Waals surface area contributed by atoms with Crippen LogP contribution >= 0.6 is 0 Å². The van der Waals surface area contributed by atoms with Crippen molar-refractivity contribution < 1.29 is 0 Å². The summed E-state index contributed by atoms with van der Waals surface area (Å²) in [7, 11) is 0. The lowest BCUT2D eigenvalue weighted by atomic mass is 9.95. The van der Waals surface area contributed by atoms with Crippen molar-refractivity contribution in [3.8, 4) is 6.07 Å². The van der Waals surface area contributed by atoms with Crippen molar-refractivity contribution in [2.24, 2.45) is 11.8 Å². The summed E-state index contributed by atoms with van der Waals surface area (Å²) in [5, 5.41) is 12.8. The maximum Gasteiger partial charge on any atom is 0.105 e. The molecule has 3 heteroatoms. The minimum atomic E-state index is -0.322. The minimum Gasteiger partial charge on any atom is -0.303 e. The Morgan fingerprint density at radius 1 is 1.39 bits per heavy atom. The summed E-state index contributed by atoms with van der Waals surface area (Å²) in [6.45, 7) is 10.2. The Bertz CT molecular complexity index is 316. The molecular weight excluding hydrogens is 222 g/mol. The molecule has 2 unspecified atom stereocenters. The summed E-state index contributed by atoms with van der Waals surface area (Å²) < 4.78 is 0. The fourth-order valence-corrected chi connectivity index (χ4v) is 2.83. The van der Waals surface area contributed by atoms with Crippen molar-refractivity contribution >= 4 is 0 Å². The van der Waals surface area contributed by atoms with Crippen LogP contribution in [0.5, 0.6) is 0 Å². The van der Waals surface area contributed by atoms with Gasteiger partial charge in [0.15, 0.2) is 0 Å². The lowest BCUT2D eigenvalue weighted by Gasteiger charge is -2.26. The predicted octanol–water partition coefficient (Wildman–Crippen LogP) is 2.39. The lowest BCUT2D eigenvalue weighted by molar-refractivity contribution is 0.269. The molecule has 0 aromatic rings. The van der Waals surface area contributed by atoms with Gasteiger partial charge in [-0.25, -0.2) is 0 Å². The van der Waals surface area contributed by atoms with Gasteiger partial charge in [-0.2, -0.15) is 5.26 Å². The van der Waals surface area contributed by atoms with E-state index in [4.69, 9.17) is 0 Å². The summed E-state index contributed by atoms with van der Waals surface area (Å²) in [4.78, 5) is 2.54. The van der Waals surface area contributed by atoms with Crippen LogP contribution in [0.4, 0.5) is 0 Å². The third kappa shape index (κ3) is 3.70. The average molecular weight is 249 g/mol. The molecule has 2 fully saturated rings. The van der Waals surface area contributed by atoms with E-state index in [0.29, 0.717) is 6.04 Å². The van der Waals surface area contributed by atoms with Gasteiger partial charge in [-0.1, -0.05) is 13.8 Å².